The maximum absolute atomic E-state index is 12.8. The first-order valence-corrected chi connectivity index (χ1v) is 6.29. The highest BCUT2D eigenvalue weighted by atomic mass is 35.5. The molecule has 0 bridgehead atoms. The molecule has 0 fully saturated rings. The van der Waals surface area contributed by atoms with E-state index in [0.29, 0.717) is 15.2 Å². The van der Waals surface area contributed by atoms with Gasteiger partial charge in [0.25, 0.3) is 5.56 Å². The lowest BCUT2D eigenvalue weighted by molar-refractivity contribution is -0.144. The quantitative estimate of drug-likeness (QED) is 0.846. The topological polar surface area (TPSA) is 53.2 Å². The number of aromatic nitrogens is 2. The molecule has 1 heterocycles. The lowest BCUT2D eigenvalue weighted by Gasteiger charge is -2.15. The number of benzene rings is 1. The van der Waals surface area contributed by atoms with E-state index in [1.165, 1.54) is 25.3 Å². The van der Waals surface area contributed by atoms with Gasteiger partial charge in [0.2, 0.25) is 0 Å². The molecule has 22 heavy (non-hydrogen) atoms. The molecular formula is C13H10ClF3N2O3. The average Bonchev–Trinajstić information content (AvgIpc) is 2.43. The number of alkyl halides is 3. The highest BCUT2D eigenvalue weighted by Crippen LogP contribution is 2.28. The third-order valence-corrected chi connectivity index (χ3v) is 3.23. The number of rotatable bonds is 2. The van der Waals surface area contributed by atoms with Gasteiger partial charge < -0.3 is 4.74 Å². The van der Waals surface area contributed by atoms with Crippen LogP contribution in [-0.4, -0.2) is 16.2 Å². The molecule has 0 aliphatic carbocycles. The molecule has 0 unspecified atom stereocenters. The van der Waals surface area contributed by atoms with E-state index in [1.807, 2.05) is 0 Å². The Morgan fingerprint density at radius 1 is 1.18 bits per heavy atom. The van der Waals surface area contributed by atoms with Crippen LogP contribution in [0, 0.1) is 0 Å². The van der Waals surface area contributed by atoms with E-state index in [4.69, 9.17) is 16.3 Å². The zero-order valence-electron chi connectivity index (χ0n) is 11.4. The molecule has 0 spiro atoms. The first-order chi connectivity index (χ1) is 10.2. The Bertz CT molecular complexity index is 840. The average molecular weight is 335 g/mol. The number of hydrogen-bond donors (Lipinski definition) is 0. The van der Waals surface area contributed by atoms with E-state index < -0.39 is 23.1 Å². The van der Waals surface area contributed by atoms with Crippen molar-refractivity contribution < 1.29 is 17.9 Å². The van der Waals surface area contributed by atoms with Gasteiger partial charge in [-0.25, -0.2) is 9.36 Å². The largest absolute Gasteiger partial charge is 0.494 e. The highest BCUT2D eigenvalue weighted by molar-refractivity contribution is 6.30. The zero-order valence-corrected chi connectivity index (χ0v) is 12.2. The number of methoxy groups -OCH3 is 1. The zero-order chi connectivity index (χ0) is 16.7. The van der Waals surface area contributed by atoms with Gasteiger partial charge in [-0.05, 0) is 12.1 Å². The number of halogens is 4. The van der Waals surface area contributed by atoms with Gasteiger partial charge in [0.05, 0.1) is 12.8 Å². The first kappa shape index (κ1) is 16.2. The Morgan fingerprint density at radius 2 is 1.82 bits per heavy atom. The molecule has 0 atom stereocenters. The lowest BCUT2D eigenvalue weighted by atomic mass is 10.2. The Hall–Kier alpha value is -2.22. The van der Waals surface area contributed by atoms with Gasteiger partial charge in [0.15, 0.2) is 0 Å². The van der Waals surface area contributed by atoms with E-state index in [9.17, 15) is 22.8 Å². The molecule has 0 saturated heterocycles. The van der Waals surface area contributed by atoms with Gasteiger partial charge >= 0.3 is 11.9 Å². The Labute approximate surface area is 127 Å². The fourth-order valence-electron chi connectivity index (χ4n) is 1.96. The van der Waals surface area contributed by atoms with Gasteiger partial charge in [-0.2, -0.15) is 13.2 Å². The van der Waals surface area contributed by atoms with Crippen LogP contribution in [0.4, 0.5) is 13.2 Å². The van der Waals surface area contributed by atoms with Crippen molar-refractivity contribution >= 4 is 11.6 Å². The predicted octanol–water partition coefficient (Wildman–Crippen LogP) is 2.22. The molecule has 0 radical (unpaired) electrons. The normalized spacial score (nSPS) is 11.5. The minimum absolute atomic E-state index is 0.00576. The van der Waals surface area contributed by atoms with E-state index in [1.54, 1.807) is 0 Å². The lowest BCUT2D eigenvalue weighted by Crippen LogP contribution is -2.40. The third-order valence-electron chi connectivity index (χ3n) is 2.99. The van der Waals surface area contributed by atoms with Crippen LogP contribution in [0.2, 0.25) is 5.02 Å². The van der Waals surface area contributed by atoms with Gasteiger partial charge in [0.1, 0.15) is 11.4 Å². The standard InChI is InChI=1S/C13H10ClF3N2O3/c1-18-10(13(15,16)17)6-11(20)19(12(18)21)8-4-3-7(14)5-9(8)22-2/h3-6H,1-2H3. The number of ether oxygens (including phenoxy) is 1. The maximum atomic E-state index is 12.8. The molecule has 9 heteroatoms. The van der Waals surface area contributed by atoms with Crippen LogP contribution < -0.4 is 16.0 Å². The second-order valence-corrected chi connectivity index (χ2v) is 4.80. The summed E-state index contributed by atoms with van der Waals surface area (Å²) in [6, 6.07) is 4.41. The van der Waals surface area contributed by atoms with Crippen molar-refractivity contribution in [3.8, 4) is 11.4 Å². The van der Waals surface area contributed by atoms with Crippen molar-refractivity contribution in [2.75, 3.05) is 7.11 Å². The van der Waals surface area contributed by atoms with Crippen molar-refractivity contribution in [3.63, 3.8) is 0 Å². The summed E-state index contributed by atoms with van der Waals surface area (Å²) in [5.74, 6) is 0.0893. The summed E-state index contributed by atoms with van der Waals surface area (Å²) in [4.78, 5) is 24.1. The fourth-order valence-corrected chi connectivity index (χ4v) is 2.12. The molecule has 0 aliphatic heterocycles. The van der Waals surface area contributed by atoms with Crippen LogP contribution in [0.5, 0.6) is 5.75 Å². The van der Waals surface area contributed by atoms with E-state index in [0.717, 1.165) is 7.05 Å². The molecule has 0 N–H and O–H groups in total. The van der Waals surface area contributed by atoms with Gasteiger partial charge in [0, 0.05) is 24.2 Å². The summed E-state index contributed by atoms with van der Waals surface area (Å²) in [5, 5.41) is 0.289. The molecule has 0 aliphatic rings. The summed E-state index contributed by atoms with van der Waals surface area (Å²) in [5.41, 5.74) is -3.57. The van der Waals surface area contributed by atoms with Crippen molar-refractivity contribution in [2.45, 2.75) is 6.18 Å². The van der Waals surface area contributed by atoms with Crippen molar-refractivity contribution in [3.05, 3.63) is 55.8 Å². The summed E-state index contributed by atoms with van der Waals surface area (Å²) in [6.07, 6.45) is -4.81. The Kier molecular flexibility index (Phi) is 4.06. The molecule has 118 valence electrons. The van der Waals surface area contributed by atoms with Crippen LogP contribution in [0.15, 0.2) is 33.9 Å². The van der Waals surface area contributed by atoms with Crippen LogP contribution in [0.25, 0.3) is 5.69 Å². The second kappa shape index (κ2) is 5.53. The molecule has 5 nitrogen and oxygen atoms in total. The van der Waals surface area contributed by atoms with Crippen molar-refractivity contribution in [2.24, 2.45) is 7.05 Å². The number of nitrogens with zero attached hydrogens (tertiary/aromatic N) is 2. The summed E-state index contributed by atoms with van der Waals surface area (Å²) >= 11 is 5.78. The van der Waals surface area contributed by atoms with Crippen LogP contribution in [0.3, 0.4) is 0 Å². The highest BCUT2D eigenvalue weighted by Gasteiger charge is 2.35. The molecule has 1 aromatic heterocycles. The van der Waals surface area contributed by atoms with Crippen molar-refractivity contribution in [1.29, 1.82) is 0 Å². The van der Waals surface area contributed by atoms with E-state index in [-0.39, 0.29) is 16.5 Å². The summed E-state index contributed by atoms with van der Waals surface area (Å²) in [6.45, 7) is 0. The smallest absolute Gasteiger partial charge is 0.431 e. The molecule has 1 aromatic carbocycles. The minimum atomic E-state index is -4.81. The van der Waals surface area contributed by atoms with Gasteiger partial charge in [-0.15, -0.1) is 0 Å². The van der Waals surface area contributed by atoms with Gasteiger partial charge in [-0.1, -0.05) is 11.6 Å². The molecular weight excluding hydrogens is 325 g/mol. The van der Waals surface area contributed by atoms with Crippen LogP contribution in [0.1, 0.15) is 5.69 Å². The summed E-state index contributed by atoms with van der Waals surface area (Å²) in [7, 11) is 2.22. The molecule has 2 aromatic rings. The van der Waals surface area contributed by atoms with Crippen LogP contribution in [-0.2, 0) is 13.2 Å². The third kappa shape index (κ3) is 2.74. The maximum Gasteiger partial charge on any atom is 0.431 e. The van der Waals surface area contributed by atoms with E-state index in [2.05, 4.69) is 0 Å². The minimum Gasteiger partial charge on any atom is -0.494 e. The van der Waals surface area contributed by atoms with Crippen LogP contribution >= 0.6 is 11.6 Å². The summed E-state index contributed by atoms with van der Waals surface area (Å²) < 4.78 is 44.3. The SMILES string of the molecule is COc1cc(Cl)ccc1-n1c(=O)cc(C(F)(F)F)n(C)c1=O. The Balaban J connectivity index is 2.82. The predicted molar refractivity (Wildman–Crippen MR) is 73.8 cm³/mol. The molecule has 2 rings (SSSR count). The molecule has 0 amide bonds. The van der Waals surface area contributed by atoms with Gasteiger partial charge in [-0.3, -0.25) is 9.36 Å². The second-order valence-electron chi connectivity index (χ2n) is 4.36. The number of hydrogen-bond acceptors (Lipinski definition) is 3. The fraction of sp³-hybridized carbons (Fsp3) is 0.231. The van der Waals surface area contributed by atoms with E-state index >= 15 is 0 Å². The monoisotopic (exact) mass is 334 g/mol. The first-order valence-electron chi connectivity index (χ1n) is 5.91. The van der Waals surface area contributed by atoms with Crippen molar-refractivity contribution in [1.82, 2.24) is 9.13 Å². The molecule has 0 saturated carbocycles. The Morgan fingerprint density at radius 3 is 2.36 bits per heavy atom.